The summed E-state index contributed by atoms with van der Waals surface area (Å²) in [6.45, 7) is 5.64. The number of amides is 1. The molecule has 11 heavy (non-hydrogen) atoms. The quantitative estimate of drug-likeness (QED) is 0.502. The van der Waals surface area contributed by atoms with Gasteiger partial charge in [-0.1, -0.05) is 13.0 Å². The van der Waals surface area contributed by atoms with Gasteiger partial charge in [-0.05, 0) is 12.2 Å². The lowest BCUT2D eigenvalue weighted by molar-refractivity contribution is -0.126. The molecule has 0 radical (unpaired) electrons. The number of rotatable bonds is 3. The number of thiocarbonyl (C=S) groups is 1. The first-order valence-corrected chi connectivity index (χ1v) is 3.75. The summed E-state index contributed by atoms with van der Waals surface area (Å²) in [5, 5.41) is 0.108. The van der Waals surface area contributed by atoms with Crippen molar-refractivity contribution in [3.8, 4) is 0 Å². The molecule has 62 valence electrons. The van der Waals surface area contributed by atoms with Crippen molar-refractivity contribution < 1.29 is 4.79 Å². The molecular weight excluding hydrogens is 160 g/mol. The number of carbonyl (C=O) groups excluding carboxylic acids is 1. The Hall–Kier alpha value is -0.900. The predicted molar refractivity (Wildman–Crippen MR) is 49.0 cm³/mol. The highest BCUT2D eigenvalue weighted by Crippen LogP contribution is 1.93. The van der Waals surface area contributed by atoms with Gasteiger partial charge in [0.25, 0.3) is 0 Å². The molecule has 0 unspecified atom stereocenters. The van der Waals surface area contributed by atoms with Gasteiger partial charge in [-0.15, -0.1) is 6.58 Å². The summed E-state index contributed by atoms with van der Waals surface area (Å²) in [7, 11) is 0. The van der Waals surface area contributed by atoms with Crippen molar-refractivity contribution in [1.82, 2.24) is 4.90 Å². The summed E-state index contributed by atoms with van der Waals surface area (Å²) in [5.74, 6) is -0.0719. The standard InChI is InChI=1S/C7H12N2OS/c1-3-5-9(7(8)11)6(10)4-2/h3H,1,4-5H2,2H3,(H2,8,11). The molecule has 3 nitrogen and oxygen atoms in total. The zero-order chi connectivity index (χ0) is 8.85. The molecule has 0 saturated heterocycles. The third-order valence-corrected chi connectivity index (χ3v) is 1.40. The Balaban J connectivity index is 4.20. The van der Waals surface area contributed by atoms with E-state index in [1.54, 1.807) is 13.0 Å². The van der Waals surface area contributed by atoms with E-state index in [-0.39, 0.29) is 11.0 Å². The van der Waals surface area contributed by atoms with Crippen LogP contribution in [0, 0.1) is 0 Å². The molecule has 0 aromatic carbocycles. The topological polar surface area (TPSA) is 46.3 Å². The Bertz CT molecular complexity index is 179. The first-order chi connectivity index (χ1) is 5.13. The second kappa shape index (κ2) is 4.85. The summed E-state index contributed by atoms with van der Waals surface area (Å²) < 4.78 is 0. The van der Waals surface area contributed by atoms with Crippen molar-refractivity contribution in [2.45, 2.75) is 13.3 Å². The van der Waals surface area contributed by atoms with E-state index in [1.807, 2.05) is 0 Å². The van der Waals surface area contributed by atoms with Crippen LogP contribution in [0.5, 0.6) is 0 Å². The van der Waals surface area contributed by atoms with Crippen LogP contribution in [0.4, 0.5) is 0 Å². The molecule has 0 atom stereocenters. The van der Waals surface area contributed by atoms with Crippen LogP contribution in [-0.2, 0) is 4.79 Å². The first kappa shape index (κ1) is 10.1. The molecule has 0 fully saturated rings. The fraction of sp³-hybridized carbons (Fsp3) is 0.429. The zero-order valence-corrected chi connectivity index (χ0v) is 7.36. The van der Waals surface area contributed by atoms with Crippen LogP contribution < -0.4 is 5.73 Å². The molecule has 0 aromatic heterocycles. The smallest absolute Gasteiger partial charge is 0.228 e. The second-order valence-corrected chi connectivity index (χ2v) is 2.40. The summed E-state index contributed by atoms with van der Waals surface area (Å²) in [6, 6.07) is 0. The van der Waals surface area contributed by atoms with E-state index in [1.165, 1.54) is 4.90 Å². The van der Waals surface area contributed by atoms with Crippen LogP contribution in [0.15, 0.2) is 12.7 Å². The lowest BCUT2D eigenvalue weighted by atomic mass is 10.4. The molecule has 0 aliphatic carbocycles. The number of hydrogen-bond donors (Lipinski definition) is 1. The monoisotopic (exact) mass is 172 g/mol. The predicted octanol–water partition coefficient (Wildman–Crippen LogP) is 0.655. The van der Waals surface area contributed by atoms with E-state index in [0.29, 0.717) is 13.0 Å². The molecule has 0 rings (SSSR count). The van der Waals surface area contributed by atoms with Crippen LogP contribution in [0.2, 0.25) is 0 Å². The summed E-state index contributed by atoms with van der Waals surface area (Å²) in [4.78, 5) is 12.4. The van der Waals surface area contributed by atoms with Crippen LogP contribution >= 0.6 is 12.2 Å². The van der Waals surface area contributed by atoms with Gasteiger partial charge in [0.05, 0.1) is 0 Å². The van der Waals surface area contributed by atoms with E-state index >= 15 is 0 Å². The molecule has 1 amide bonds. The van der Waals surface area contributed by atoms with Crippen LogP contribution in [0.3, 0.4) is 0 Å². The van der Waals surface area contributed by atoms with Gasteiger partial charge >= 0.3 is 0 Å². The maximum atomic E-state index is 11.1. The van der Waals surface area contributed by atoms with Crippen molar-refractivity contribution in [2.24, 2.45) is 5.73 Å². The molecule has 4 heteroatoms. The van der Waals surface area contributed by atoms with Gasteiger partial charge in [0, 0.05) is 13.0 Å². The number of nitrogens with zero attached hydrogens (tertiary/aromatic N) is 1. The summed E-state index contributed by atoms with van der Waals surface area (Å²) >= 11 is 4.66. The lowest BCUT2D eigenvalue weighted by Gasteiger charge is -2.17. The Kier molecular flexibility index (Phi) is 4.45. The number of nitrogens with two attached hydrogens (primary N) is 1. The Morgan fingerprint density at radius 1 is 1.82 bits per heavy atom. The highest BCUT2D eigenvalue weighted by Gasteiger charge is 2.11. The fourth-order valence-electron chi connectivity index (χ4n) is 0.635. The Morgan fingerprint density at radius 3 is 2.64 bits per heavy atom. The van der Waals surface area contributed by atoms with Gasteiger partial charge in [-0.3, -0.25) is 9.69 Å². The number of carbonyl (C=O) groups is 1. The van der Waals surface area contributed by atoms with E-state index < -0.39 is 0 Å². The maximum Gasteiger partial charge on any atom is 0.228 e. The summed E-state index contributed by atoms with van der Waals surface area (Å²) in [5.41, 5.74) is 5.29. The van der Waals surface area contributed by atoms with Crippen LogP contribution in [-0.4, -0.2) is 22.5 Å². The first-order valence-electron chi connectivity index (χ1n) is 3.34. The summed E-state index contributed by atoms with van der Waals surface area (Å²) in [6.07, 6.45) is 2.00. The largest absolute Gasteiger partial charge is 0.376 e. The maximum absolute atomic E-state index is 11.1. The molecule has 0 heterocycles. The van der Waals surface area contributed by atoms with Crippen molar-refractivity contribution >= 4 is 23.2 Å². The average molecular weight is 172 g/mol. The molecular formula is C7H12N2OS. The zero-order valence-electron chi connectivity index (χ0n) is 6.54. The highest BCUT2D eigenvalue weighted by molar-refractivity contribution is 7.80. The van der Waals surface area contributed by atoms with Crippen molar-refractivity contribution in [3.63, 3.8) is 0 Å². The lowest BCUT2D eigenvalue weighted by Crippen LogP contribution is -2.40. The minimum Gasteiger partial charge on any atom is -0.376 e. The van der Waals surface area contributed by atoms with E-state index in [4.69, 9.17) is 5.73 Å². The third kappa shape index (κ3) is 3.13. The van der Waals surface area contributed by atoms with Crippen LogP contribution in [0.25, 0.3) is 0 Å². The molecule has 0 aromatic rings. The van der Waals surface area contributed by atoms with Gasteiger partial charge in [-0.2, -0.15) is 0 Å². The molecule has 2 N–H and O–H groups in total. The number of hydrogen-bond acceptors (Lipinski definition) is 2. The molecule has 0 spiro atoms. The normalized spacial score (nSPS) is 8.82. The van der Waals surface area contributed by atoms with Gasteiger partial charge in [0.1, 0.15) is 0 Å². The molecule has 0 saturated carbocycles. The van der Waals surface area contributed by atoms with Gasteiger partial charge in [-0.25, -0.2) is 0 Å². The van der Waals surface area contributed by atoms with E-state index in [9.17, 15) is 4.79 Å². The SMILES string of the molecule is C=CCN(C(=O)CC)C(N)=S. The highest BCUT2D eigenvalue weighted by atomic mass is 32.1. The van der Waals surface area contributed by atoms with Crippen LogP contribution in [0.1, 0.15) is 13.3 Å². The van der Waals surface area contributed by atoms with E-state index in [2.05, 4.69) is 18.8 Å². The van der Waals surface area contributed by atoms with Gasteiger partial charge < -0.3 is 5.73 Å². The molecule has 0 aliphatic rings. The second-order valence-electron chi connectivity index (χ2n) is 1.98. The van der Waals surface area contributed by atoms with Crippen molar-refractivity contribution in [3.05, 3.63) is 12.7 Å². The molecule has 0 aliphatic heterocycles. The van der Waals surface area contributed by atoms with Gasteiger partial charge in [0.2, 0.25) is 5.91 Å². The third-order valence-electron chi connectivity index (χ3n) is 1.18. The minimum atomic E-state index is -0.0719. The average Bonchev–Trinajstić information content (AvgIpc) is 1.98. The Morgan fingerprint density at radius 2 is 2.36 bits per heavy atom. The minimum absolute atomic E-state index is 0.0719. The van der Waals surface area contributed by atoms with Crippen molar-refractivity contribution in [1.29, 1.82) is 0 Å². The van der Waals surface area contributed by atoms with Gasteiger partial charge in [0.15, 0.2) is 5.11 Å². The fourth-order valence-corrected chi connectivity index (χ4v) is 0.811. The Labute approximate surface area is 71.9 Å². The molecule has 0 bridgehead atoms. The van der Waals surface area contributed by atoms with E-state index in [0.717, 1.165) is 0 Å². The van der Waals surface area contributed by atoms with Crippen molar-refractivity contribution in [2.75, 3.05) is 6.54 Å².